The van der Waals surface area contributed by atoms with Gasteiger partial charge >= 0.3 is 0 Å². The van der Waals surface area contributed by atoms with Crippen molar-refractivity contribution in [1.82, 2.24) is 0 Å². The fourth-order valence-corrected chi connectivity index (χ4v) is 0.611. The van der Waals surface area contributed by atoms with Crippen molar-refractivity contribution in [3.8, 4) is 0 Å². The standard InChI is InChI=1S/C8H5F2O/c1-6(4-8(9)10)7-2-3-11-5-7/h3-5H,1H2. The maximum atomic E-state index is 11.6. The van der Waals surface area contributed by atoms with Gasteiger partial charge in [0, 0.05) is 17.7 Å². The van der Waals surface area contributed by atoms with Crippen molar-refractivity contribution in [2.75, 3.05) is 0 Å². The summed E-state index contributed by atoms with van der Waals surface area (Å²) in [6, 6.07) is 2.60. The molecule has 1 radical (unpaired) electrons. The van der Waals surface area contributed by atoms with Gasteiger partial charge in [-0.05, 0) is 5.57 Å². The normalized spacial score (nSPS) is 9.27. The summed E-state index contributed by atoms with van der Waals surface area (Å²) in [5, 5.41) is 0. The highest BCUT2D eigenvalue weighted by Gasteiger charge is 1.98. The van der Waals surface area contributed by atoms with E-state index >= 15 is 0 Å². The van der Waals surface area contributed by atoms with Crippen molar-refractivity contribution >= 4 is 5.57 Å². The lowest BCUT2D eigenvalue weighted by Crippen LogP contribution is -1.72. The SMILES string of the molecule is C=C(C=C(F)F)c1[c]coc1. The molecule has 0 bridgehead atoms. The predicted molar refractivity (Wildman–Crippen MR) is 36.9 cm³/mol. The minimum Gasteiger partial charge on any atom is -0.471 e. The van der Waals surface area contributed by atoms with E-state index in [9.17, 15) is 8.78 Å². The molecule has 1 aromatic heterocycles. The van der Waals surface area contributed by atoms with Crippen molar-refractivity contribution in [3.63, 3.8) is 0 Å². The van der Waals surface area contributed by atoms with E-state index in [0.717, 1.165) is 0 Å². The molecular weight excluding hydrogens is 150 g/mol. The van der Waals surface area contributed by atoms with Gasteiger partial charge < -0.3 is 4.42 Å². The largest absolute Gasteiger partial charge is 0.471 e. The Labute approximate surface area is 62.6 Å². The number of furan rings is 1. The minimum absolute atomic E-state index is 0.193. The maximum Gasteiger partial charge on any atom is 0.270 e. The molecule has 1 nitrogen and oxygen atoms in total. The van der Waals surface area contributed by atoms with Gasteiger partial charge in [-0.25, -0.2) is 0 Å². The van der Waals surface area contributed by atoms with Gasteiger partial charge in [-0.15, -0.1) is 0 Å². The van der Waals surface area contributed by atoms with Crippen molar-refractivity contribution in [1.29, 1.82) is 0 Å². The average molecular weight is 155 g/mol. The van der Waals surface area contributed by atoms with E-state index in [1.807, 2.05) is 0 Å². The second-order valence-electron chi connectivity index (χ2n) is 1.89. The van der Waals surface area contributed by atoms with Gasteiger partial charge in [-0.3, -0.25) is 0 Å². The van der Waals surface area contributed by atoms with E-state index < -0.39 is 6.08 Å². The first kappa shape index (κ1) is 7.72. The molecule has 0 aliphatic rings. The quantitative estimate of drug-likeness (QED) is 0.598. The van der Waals surface area contributed by atoms with Crippen LogP contribution in [0.1, 0.15) is 5.56 Å². The molecule has 0 aliphatic heterocycles. The highest BCUT2D eigenvalue weighted by molar-refractivity contribution is 5.70. The number of hydrogen-bond acceptors (Lipinski definition) is 1. The van der Waals surface area contributed by atoms with Crippen LogP contribution in [0.2, 0.25) is 0 Å². The molecule has 0 spiro atoms. The van der Waals surface area contributed by atoms with Gasteiger partial charge in [0.1, 0.15) is 0 Å². The number of rotatable bonds is 2. The van der Waals surface area contributed by atoms with Crippen LogP contribution in [0.25, 0.3) is 5.57 Å². The van der Waals surface area contributed by atoms with E-state index in [1.54, 1.807) is 0 Å². The van der Waals surface area contributed by atoms with E-state index in [4.69, 9.17) is 0 Å². The molecule has 0 N–H and O–H groups in total. The van der Waals surface area contributed by atoms with Gasteiger partial charge in [0.2, 0.25) is 0 Å². The molecule has 0 saturated carbocycles. The van der Waals surface area contributed by atoms with Gasteiger partial charge in [0.05, 0.1) is 12.5 Å². The highest BCUT2D eigenvalue weighted by Crippen LogP contribution is 2.15. The Kier molecular flexibility index (Phi) is 2.21. The Hall–Kier alpha value is -1.38. The van der Waals surface area contributed by atoms with Crippen LogP contribution < -0.4 is 0 Å². The number of hydrogen-bond donors (Lipinski definition) is 0. The molecule has 0 aliphatic carbocycles. The van der Waals surface area contributed by atoms with E-state index in [2.05, 4.69) is 17.1 Å². The van der Waals surface area contributed by atoms with E-state index in [-0.39, 0.29) is 5.57 Å². The van der Waals surface area contributed by atoms with Gasteiger partial charge in [0.15, 0.2) is 0 Å². The first-order valence-electron chi connectivity index (χ1n) is 2.86. The molecular formula is C8H5F2O. The first-order valence-corrected chi connectivity index (χ1v) is 2.86. The second kappa shape index (κ2) is 3.14. The van der Waals surface area contributed by atoms with Crippen LogP contribution in [0.4, 0.5) is 8.78 Å². The van der Waals surface area contributed by atoms with Gasteiger partial charge in [-0.1, -0.05) is 6.58 Å². The molecule has 0 atom stereocenters. The molecule has 0 aromatic carbocycles. The summed E-state index contributed by atoms with van der Waals surface area (Å²) in [6.07, 6.45) is 1.48. The third-order valence-corrected chi connectivity index (χ3v) is 1.10. The van der Waals surface area contributed by atoms with E-state index in [1.165, 1.54) is 12.5 Å². The number of halogens is 2. The summed E-state index contributed by atoms with van der Waals surface area (Å²) in [5.74, 6) is 0. The summed E-state index contributed by atoms with van der Waals surface area (Å²) < 4.78 is 27.9. The molecule has 1 aromatic rings. The van der Waals surface area contributed by atoms with Gasteiger partial charge in [-0.2, -0.15) is 8.78 Å². The van der Waals surface area contributed by atoms with E-state index in [0.29, 0.717) is 11.6 Å². The Balaban J connectivity index is 2.80. The monoisotopic (exact) mass is 155 g/mol. The molecule has 0 fully saturated rings. The zero-order chi connectivity index (χ0) is 8.27. The van der Waals surface area contributed by atoms with Crippen molar-refractivity contribution < 1.29 is 13.2 Å². The van der Waals surface area contributed by atoms with Crippen molar-refractivity contribution in [2.45, 2.75) is 0 Å². The van der Waals surface area contributed by atoms with Crippen LogP contribution >= 0.6 is 0 Å². The summed E-state index contributed by atoms with van der Waals surface area (Å²) in [5.41, 5.74) is 0.636. The Morgan fingerprint density at radius 1 is 1.64 bits per heavy atom. The fourth-order valence-electron chi connectivity index (χ4n) is 0.611. The molecule has 11 heavy (non-hydrogen) atoms. The van der Waals surface area contributed by atoms with Crippen molar-refractivity contribution in [3.05, 3.63) is 42.9 Å². The molecule has 1 heterocycles. The molecule has 0 saturated heterocycles. The Morgan fingerprint density at radius 3 is 2.82 bits per heavy atom. The van der Waals surface area contributed by atoms with Crippen LogP contribution in [0.3, 0.4) is 0 Å². The summed E-state index contributed by atoms with van der Waals surface area (Å²) in [4.78, 5) is 0. The summed E-state index contributed by atoms with van der Waals surface area (Å²) in [7, 11) is 0. The predicted octanol–water partition coefficient (Wildman–Crippen LogP) is 2.87. The smallest absolute Gasteiger partial charge is 0.270 e. The maximum absolute atomic E-state index is 11.6. The summed E-state index contributed by atoms with van der Waals surface area (Å²) >= 11 is 0. The van der Waals surface area contributed by atoms with Gasteiger partial charge in [0.25, 0.3) is 6.08 Å². The fraction of sp³-hybridized carbons (Fsp3) is 0. The molecule has 1 rings (SSSR count). The van der Waals surface area contributed by atoms with Crippen molar-refractivity contribution in [2.24, 2.45) is 0 Å². The average Bonchev–Trinajstić information content (AvgIpc) is 2.35. The minimum atomic E-state index is -1.77. The van der Waals surface area contributed by atoms with Crippen LogP contribution in [0.15, 0.2) is 35.7 Å². The van der Waals surface area contributed by atoms with Crippen LogP contribution in [-0.2, 0) is 0 Å². The Morgan fingerprint density at radius 2 is 2.36 bits per heavy atom. The first-order chi connectivity index (χ1) is 5.20. The lowest BCUT2D eigenvalue weighted by Gasteiger charge is -1.89. The van der Waals surface area contributed by atoms with Crippen LogP contribution in [-0.4, -0.2) is 0 Å². The zero-order valence-corrected chi connectivity index (χ0v) is 5.60. The highest BCUT2D eigenvalue weighted by atomic mass is 19.3. The molecule has 3 heteroatoms. The van der Waals surface area contributed by atoms with Crippen LogP contribution in [0, 0.1) is 6.07 Å². The number of allylic oxidation sites excluding steroid dienone is 2. The second-order valence-corrected chi connectivity index (χ2v) is 1.89. The van der Waals surface area contributed by atoms with Crippen LogP contribution in [0.5, 0.6) is 0 Å². The molecule has 57 valence electrons. The third-order valence-electron chi connectivity index (χ3n) is 1.10. The topological polar surface area (TPSA) is 13.1 Å². The lowest BCUT2D eigenvalue weighted by atomic mass is 10.2. The lowest BCUT2D eigenvalue weighted by molar-refractivity contribution is 0.422. The third kappa shape index (κ3) is 2.04. The summed E-state index contributed by atoms with van der Waals surface area (Å²) in [6.45, 7) is 3.39. The Bertz CT molecular complexity index is 268. The zero-order valence-electron chi connectivity index (χ0n) is 5.60. The molecule has 0 amide bonds. The molecule has 0 unspecified atom stereocenters.